The molecule has 0 radical (unpaired) electrons. The van der Waals surface area contributed by atoms with E-state index in [0.29, 0.717) is 12.8 Å². The third-order valence-corrected chi connectivity index (χ3v) is 3.36. The molecule has 1 saturated heterocycles. The van der Waals surface area contributed by atoms with E-state index in [1.165, 1.54) is 6.92 Å². The summed E-state index contributed by atoms with van der Waals surface area (Å²) >= 11 is 0. The fourth-order valence-corrected chi connectivity index (χ4v) is 2.48. The largest absolute Gasteiger partial charge is 0.461 e. The Hall–Kier alpha value is -1.10. The lowest BCUT2D eigenvalue weighted by Crippen LogP contribution is -2.43. The first-order valence-corrected chi connectivity index (χ1v) is 6.13. The average Bonchev–Trinajstić information content (AvgIpc) is 2.53. The number of carbonyl (C=O) groups is 2. The molecule has 1 atom stereocenters. The highest BCUT2D eigenvalue weighted by molar-refractivity contribution is 5.89. The number of esters is 2. The summed E-state index contributed by atoms with van der Waals surface area (Å²) in [6.45, 7) is 3.39. The normalized spacial score (nSPS) is 31.3. The van der Waals surface area contributed by atoms with E-state index >= 15 is 0 Å². The minimum absolute atomic E-state index is 0.238. The van der Waals surface area contributed by atoms with Crippen LogP contribution in [0.5, 0.6) is 0 Å². The van der Waals surface area contributed by atoms with E-state index in [4.69, 9.17) is 14.2 Å². The summed E-state index contributed by atoms with van der Waals surface area (Å²) in [6.07, 6.45) is 4.19. The molecule has 5 nitrogen and oxygen atoms in total. The number of cyclic esters (lactones) is 1. The van der Waals surface area contributed by atoms with Crippen LogP contribution in [0, 0.1) is 0 Å². The van der Waals surface area contributed by atoms with Crippen LogP contribution in [0.3, 0.4) is 0 Å². The van der Waals surface area contributed by atoms with Gasteiger partial charge in [-0.1, -0.05) is 6.42 Å². The third-order valence-electron chi connectivity index (χ3n) is 3.36. The molecular formula is C12H18O5. The van der Waals surface area contributed by atoms with E-state index in [1.807, 2.05) is 0 Å². The third kappa shape index (κ3) is 2.04. The summed E-state index contributed by atoms with van der Waals surface area (Å²) in [6, 6.07) is 0. The van der Waals surface area contributed by atoms with Gasteiger partial charge >= 0.3 is 17.7 Å². The van der Waals surface area contributed by atoms with E-state index in [2.05, 4.69) is 0 Å². The number of carbonyl (C=O) groups excluding carboxylic acids is 2. The summed E-state index contributed by atoms with van der Waals surface area (Å²) < 4.78 is 15.6. The van der Waals surface area contributed by atoms with Crippen LogP contribution in [0.25, 0.3) is 0 Å². The minimum atomic E-state index is -1.57. The van der Waals surface area contributed by atoms with Gasteiger partial charge < -0.3 is 14.2 Å². The zero-order chi connectivity index (χ0) is 12.5. The Morgan fingerprint density at radius 2 is 2.00 bits per heavy atom. The molecule has 5 heteroatoms. The topological polar surface area (TPSA) is 61.8 Å². The smallest absolute Gasteiger partial charge is 0.379 e. The van der Waals surface area contributed by atoms with Crippen LogP contribution in [0.15, 0.2) is 0 Å². The van der Waals surface area contributed by atoms with Crippen LogP contribution in [0.2, 0.25) is 0 Å². The standard InChI is InChI=1S/C12H18O5/c1-3-15-9(13)11(2)16-10(14)12(17-11)7-5-4-6-8-12/h3-8H2,1-2H3. The second kappa shape index (κ2) is 4.29. The number of hydrogen-bond donors (Lipinski definition) is 0. The highest BCUT2D eigenvalue weighted by atomic mass is 16.8. The second-order valence-electron chi connectivity index (χ2n) is 4.71. The first-order valence-electron chi connectivity index (χ1n) is 6.13. The van der Waals surface area contributed by atoms with Crippen molar-refractivity contribution in [2.24, 2.45) is 0 Å². The van der Waals surface area contributed by atoms with Gasteiger partial charge in [0.15, 0.2) is 5.60 Å². The molecule has 1 heterocycles. The quantitative estimate of drug-likeness (QED) is 0.687. The van der Waals surface area contributed by atoms with Crippen molar-refractivity contribution in [3.05, 3.63) is 0 Å². The summed E-state index contributed by atoms with van der Waals surface area (Å²) in [5, 5.41) is 0. The van der Waals surface area contributed by atoms with E-state index in [-0.39, 0.29) is 6.61 Å². The zero-order valence-corrected chi connectivity index (χ0v) is 10.3. The average molecular weight is 242 g/mol. The predicted molar refractivity (Wildman–Crippen MR) is 58.0 cm³/mol. The van der Waals surface area contributed by atoms with Gasteiger partial charge in [-0.3, -0.25) is 0 Å². The van der Waals surface area contributed by atoms with Crippen molar-refractivity contribution in [2.45, 2.75) is 57.3 Å². The first-order chi connectivity index (χ1) is 8.02. The van der Waals surface area contributed by atoms with Gasteiger partial charge in [-0.05, 0) is 32.6 Å². The van der Waals surface area contributed by atoms with E-state index in [9.17, 15) is 9.59 Å². The predicted octanol–water partition coefficient (Wildman–Crippen LogP) is 1.54. The molecule has 0 N–H and O–H groups in total. The maximum absolute atomic E-state index is 11.9. The van der Waals surface area contributed by atoms with Crippen LogP contribution >= 0.6 is 0 Å². The molecule has 0 aromatic heterocycles. The molecule has 17 heavy (non-hydrogen) atoms. The number of ether oxygens (including phenoxy) is 3. The van der Waals surface area contributed by atoms with Gasteiger partial charge in [0.05, 0.1) is 6.61 Å². The van der Waals surface area contributed by atoms with Crippen molar-refractivity contribution < 1.29 is 23.8 Å². The molecule has 0 bridgehead atoms. The van der Waals surface area contributed by atoms with E-state index in [1.54, 1.807) is 6.92 Å². The number of rotatable bonds is 2. The monoisotopic (exact) mass is 242 g/mol. The Balaban J connectivity index is 2.15. The van der Waals surface area contributed by atoms with Crippen molar-refractivity contribution in [2.75, 3.05) is 6.61 Å². The van der Waals surface area contributed by atoms with Crippen LogP contribution in [0.1, 0.15) is 46.0 Å². The molecule has 0 aromatic carbocycles. The Kier molecular flexibility index (Phi) is 3.12. The van der Waals surface area contributed by atoms with E-state index in [0.717, 1.165) is 19.3 Å². The Labute approximate surface area is 100 Å². The number of hydrogen-bond acceptors (Lipinski definition) is 5. The van der Waals surface area contributed by atoms with Crippen molar-refractivity contribution >= 4 is 11.9 Å². The molecule has 2 fully saturated rings. The second-order valence-corrected chi connectivity index (χ2v) is 4.71. The Morgan fingerprint density at radius 1 is 1.35 bits per heavy atom. The molecule has 1 spiro atoms. The zero-order valence-electron chi connectivity index (χ0n) is 10.3. The summed E-state index contributed by atoms with van der Waals surface area (Å²) in [7, 11) is 0. The minimum Gasteiger partial charge on any atom is -0.461 e. The van der Waals surface area contributed by atoms with E-state index < -0.39 is 23.3 Å². The maximum atomic E-state index is 11.9. The SMILES string of the molecule is CCOC(=O)C1(C)OC(=O)C2(CCCCC2)O1. The molecule has 1 aliphatic heterocycles. The molecule has 0 amide bonds. The highest BCUT2D eigenvalue weighted by Gasteiger charge is 2.60. The Morgan fingerprint density at radius 3 is 2.59 bits per heavy atom. The van der Waals surface area contributed by atoms with Gasteiger partial charge in [0.2, 0.25) is 0 Å². The van der Waals surface area contributed by atoms with Crippen LogP contribution < -0.4 is 0 Å². The van der Waals surface area contributed by atoms with Crippen LogP contribution in [0.4, 0.5) is 0 Å². The molecule has 2 aliphatic rings. The van der Waals surface area contributed by atoms with Crippen molar-refractivity contribution in [1.29, 1.82) is 0 Å². The molecule has 2 rings (SSSR count). The Bertz CT molecular complexity index is 332. The highest BCUT2D eigenvalue weighted by Crippen LogP contribution is 2.42. The molecule has 1 unspecified atom stereocenters. The summed E-state index contributed by atoms with van der Waals surface area (Å²) in [5.41, 5.74) is -0.917. The summed E-state index contributed by atoms with van der Waals surface area (Å²) in [5.74, 6) is -2.62. The lowest BCUT2D eigenvalue weighted by Gasteiger charge is -2.29. The van der Waals surface area contributed by atoms with Gasteiger partial charge in [-0.2, -0.15) is 0 Å². The van der Waals surface area contributed by atoms with Gasteiger partial charge in [0.1, 0.15) is 0 Å². The van der Waals surface area contributed by atoms with Crippen LogP contribution in [-0.2, 0) is 23.8 Å². The molecule has 1 aliphatic carbocycles. The molecule has 0 aromatic rings. The fourth-order valence-electron chi connectivity index (χ4n) is 2.48. The molecular weight excluding hydrogens is 224 g/mol. The van der Waals surface area contributed by atoms with Crippen molar-refractivity contribution in [3.8, 4) is 0 Å². The lowest BCUT2D eigenvalue weighted by molar-refractivity contribution is -0.215. The van der Waals surface area contributed by atoms with Crippen molar-refractivity contribution in [1.82, 2.24) is 0 Å². The maximum Gasteiger partial charge on any atom is 0.379 e. The first kappa shape index (κ1) is 12.4. The van der Waals surface area contributed by atoms with Crippen molar-refractivity contribution in [3.63, 3.8) is 0 Å². The molecule has 96 valence electrons. The molecule has 1 saturated carbocycles. The van der Waals surface area contributed by atoms with Gasteiger partial charge in [0.25, 0.3) is 0 Å². The van der Waals surface area contributed by atoms with Gasteiger partial charge in [0, 0.05) is 6.92 Å². The van der Waals surface area contributed by atoms with Gasteiger partial charge in [-0.15, -0.1) is 0 Å². The van der Waals surface area contributed by atoms with Crippen LogP contribution in [-0.4, -0.2) is 29.9 Å². The van der Waals surface area contributed by atoms with Gasteiger partial charge in [-0.25, -0.2) is 9.59 Å². The fraction of sp³-hybridized carbons (Fsp3) is 0.833. The summed E-state index contributed by atoms with van der Waals surface area (Å²) in [4.78, 5) is 23.6. The lowest BCUT2D eigenvalue weighted by atomic mass is 9.85.